The Kier molecular flexibility index (Phi) is 3.63. The van der Waals surface area contributed by atoms with Crippen LogP contribution in [0.15, 0.2) is 23.7 Å². The number of nitrogens with zero attached hydrogens (tertiary/aromatic N) is 2. The molecule has 0 spiro atoms. The van der Waals surface area contributed by atoms with Gasteiger partial charge in [0.05, 0.1) is 15.9 Å². The summed E-state index contributed by atoms with van der Waals surface area (Å²) in [7, 11) is 0. The first kappa shape index (κ1) is 11.6. The topological polar surface area (TPSA) is 28.2 Å². The minimum absolute atomic E-state index is 0. The van der Waals surface area contributed by atoms with Gasteiger partial charge in [0.25, 0.3) is 0 Å². The Balaban J connectivity index is 0.000000963. The number of hydrogen-bond donors (Lipinski definition) is 1. The highest BCUT2D eigenvalue weighted by atomic mass is 35.5. The van der Waals surface area contributed by atoms with E-state index in [1.807, 2.05) is 6.20 Å². The normalized spacial score (nSPS) is 16.1. The van der Waals surface area contributed by atoms with E-state index in [0.717, 1.165) is 31.7 Å². The fourth-order valence-corrected chi connectivity index (χ4v) is 2.91. The van der Waals surface area contributed by atoms with Crippen molar-refractivity contribution < 1.29 is 0 Å². The second-order valence-electron chi connectivity index (χ2n) is 3.70. The number of thiophene rings is 1. The van der Waals surface area contributed by atoms with Gasteiger partial charge in [0.15, 0.2) is 0 Å². The van der Waals surface area contributed by atoms with Gasteiger partial charge in [-0.15, -0.1) is 23.7 Å². The van der Waals surface area contributed by atoms with Crippen LogP contribution >= 0.6 is 23.7 Å². The van der Waals surface area contributed by atoms with Crippen LogP contribution in [-0.2, 0) is 0 Å². The van der Waals surface area contributed by atoms with Gasteiger partial charge in [0.1, 0.15) is 0 Å². The van der Waals surface area contributed by atoms with Crippen molar-refractivity contribution in [2.45, 2.75) is 0 Å². The molecule has 0 aromatic carbocycles. The lowest BCUT2D eigenvalue weighted by molar-refractivity contribution is 0.590. The Hall–Kier alpha value is -0.840. The Morgan fingerprint density at radius 1 is 1.25 bits per heavy atom. The van der Waals surface area contributed by atoms with Crippen LogP contribution in [0.1, 0.15) is 0 Å². The average Bonchev–Trinajstić information content (AvgIpc) is 2.78. The first-order valence-corrected chi connectivity index (χ1v) is 6.11. The summed E-state index contributed by atoms with van der Waals surface area (Å²) in [5.74, 6) is 0. The maximum absolute atomic E-state index is 4.36. The van der Waals surface area contributed by atoms with Crippen LogP contribution in [0.5, 0.6) is 0 Å². The van der Waals surface area contributed by atoms with E-state index in [9.17, 15) is 0 Å². The lowest BCUT2D eigenvalue weighted by Gasteiger charge is -2.29. The third-order valence-electron chi connectivity index (χ3n) is 2.78. The second kappa shape index (κ2) is 4.99. The molecule has 3 rings (SSSR count). The van der Waals surface area contributed by atoms with Crippen LogP contribution in [0.3, 0.4) is 0 Å². The van der Waals surface area contributed by atoms with Gasteiger partial charge in [-0.25, -0.2) is 0 Å². The Morgan fingerprint density at radius 2 is 2.06 bits per heavy atom. The molecule has 3 nitrogen and oxygen atoms in total. The predicted octanol–water partition coefficient (Wildman–Crippen LogP) is 2.13. The fraction of sp³-hybridized carbons (Fsp3) is 0.364. The Labute approximate surface area is 105 Å². The van der Waals surface area contributed by atoms with Crippen LogP contribution in [-0.4, -0.2) is 31.2 Å². The molecule has 2 aromatic heterocycles. The van der Waals surface area contributed by atoms with Gasteiger partial charge in [-0.3, -0.25) is 4.98 Å². The minimum Gasteiger partial charge on any atom is -0.368 e. The molecule has 5 heteroatoms. The monoisotopic (exact) mass is 255 g/mol. The number of anilines is 1. The summed E-state index contributed by atoms with van der Waals surface area (Å²) in [5, 5.41) is 5.49. The van der Waals surface area contributed by atoms with Crippen LogP contribution < -0.4 is 10.2 Å². The van der Waals surface area contributed by atoms with E-state index in [-0.39, 0.29) is 12.4 Å². The SMILES string of the molecule is Cl.c1cc(N2CCNCC2)c2sccc2n1. The zero-order valence-electron chi connectivity index (χ0n) is 8.85. The fourth-order valence-electron chi connectivity index (χ4n) is 2.01. The van der Waals surface area contributed by atoms with E-state index in [2.05, 4.69) is 32.7 Å². The van der Waals surface area contributed by atoms with Crippen molar-refractivity contribution >= 4 is 39.6 Å². The molecule has 1 N–H and O–H groups in total. The maximum atomic E-state index is 4.36. The molecule has 1 aliphatic rings. The number of pyridine rings is 1. The van der Waals surface area contributed by atoms with Crippen molar-refractivity contribution in [3.8, 4) is 0 Å². The quantitative estimate of drug-likeness (QED) is 0.846. The predicted molar refractivity (Wildman–Crippen MR) is 72.0 cm³/mol. The molecule has 0 saturated carbocycles. The molecule has 1 saturated heterocycles. The number of fused-ring (bicyclic) bond motifs is 1. The molecule has 2 aromatic rings. The largest absolute Gasteiger partial charge is 0.368 e. The zero-order chi connectivity index (χ0) is 10.1. The van der Waals surface area contributed by atoms with Gasteiger partial charge in [-0.1, -0.05) is 0 Å². The molecule has 3 heterocycles. The van der Waals surface area contributed by atoms with E-state index in [0.29, 0.717) is 0 Å². The molecule has 0 bridgehead atoms. The number of halogens is 1. The van der Waals surface area contributed by atoms with Gasteiger partial charge in [0, 0.05) is 32.4 Å². The first-order valence-electron chi connectivity index (χ1n) is 5.23. The molecular weight excluding hydrogens is 242 g/mol. The Morgan fingerprint density at radius 3 is 2.88 bits per heavy atom. The van der Waals surface area contributed by atoms with Crippen LogP contribution in [0.4, 0.5) is 5.69 Å². The number of rotatable bonds is 1. The lowest BCUT2D eigenvalue weighted by atomic mass is 10.3. The molecule has 0 aliphatic carbocycles. The van der Waals surface area contributed by atoms with Gasteiger partial charge in [-0.2, -0.15) is 0 Å². The molecule has 86 valence electrons. The van der Waals surface area contributed by atoms with Gasteiger partial charge >= 0.3 is 0 Å². The summed E-state index contributed by atoms with van der Waals surface area (Å²) in [6, 6.07) is 4.22. The summed E-state index contributed by atoms with van der Waals surface area (Å²) >= 11 is 1.78. The van der Waals surface area contributed by atoms with E-state index in [4.69, 9.17) is 0 Å². The average molecular weight is 256 g/mol. The van der Waals surface area contributed by atoms with Crippen molar-refractivity contribution in [1.29, 1.82) is 0 Å². The molecule has 0 amide bonds. The first-order chi connectivity index (χ1) is 7.45. The van der Waals surface area contributed by atoms with Crippen molar-refractivity contribution in [1.82, 2.24) is 10.3 Å². The molecule has 16 heavy (non-hydrogen) atoms. The maximum Gasteiger partial charge on any atom is 0.0830 e. The van der Waals surface area contributed by atoms with E-state index in [1.165, 1.54) is 10.4 Å². The third kappa shape index (κ3) is 2.00. The second-order valence-corrected chi connectivity index (χ2v) is 4.62. The lowest BCUT2D eigenvalue weighted by Crippen LogP contribution is -2.43. The van der Waals surface area contributed by atoms with Crippen molar-refractivity contribution in [3.63, 3.8) is 0 Å². The molecule has 1 fully saturated rings. The molecule has 0 atom stereocenters. The van der Waals surface area contributed by atoms with Gasteiger partial charge in [0.2, 0.25) is 0 Å². The number of piperazine rings is 1. The van der Waals surface area contributed by atoms with Crippen LogP contribution in [0.2, 0.25) is 0 Å². The minimum atomic E-state index is 0. The number of hydrogen-bond acceptors (Lipinski definition) is 4. The summed E-state index contributed by atoms with van der Waals surface area (Å²) in [4.78, 5) is 6.81. The van der Waals surface area contributed by atoms with Crippen molar-refractivity contribution in [3.05, 3.63) is 23.7 Å². The van der Waals surface area contributed by atoms with Crippen LogP contribution in [0, 0.1) is 0 Å². The van der Waals surface area contributed by atoms with Gasteiger partial charge in [-0.05, 0) is 17.5 Å². The summed E-state index contributed by atoms with van der Waals surface area (Å²) < 4.78 is 1.32. The molecular formula is C11H14ClN3S. The summed E-state index contributed by atoms with van der Waals surface area (Å²) in [6.45, 7) is 4.35. The smallest absolute Gasteiger partial charge is 0.0830 e. The van der Waals surface area contributed by atoms with Crippen molar-refractivity contribution in [2.75, 3.05) is 31.1 Å². The summed E-state index contributed by atoms with van der Waals surface area (Å²) in [6.07, 6.45) is 1.91. The van der Waals surface area contributed by atoms with Gasteiger partial charge < -0.3 is 10.2 Å². The molecule has 0 unspecified atom stereocenters. The van der Waals surface area contributed by atoms with Crippen LogP contribution in [0.25, 0.3) is 10.2 Å². The van der Waals surface area contributed by atoms with E-state index >= 15 is 0 Å². The number of aromatic nitrogens is 1. The van der Waals surface area contributed by atoms with E-state index < -0.39 is 0 Å². The third-order valence-corrected chi connectivity index (χ3v) is 3.71. The summed E-state index contributed by atoms with van der Waals surface area (Å²) in [5.41, 5.74) is 2.47. The van der Waals surface area contributed by atoms with Crippen molar-refractivity contribution in [2.24, 2.45) is 0 Å². The standard InChI is InChI=1S/C11H13N3S.ClH/c1-3-13-9-2-8-15-11(9)10(1)14-6-4-12-5-7-14;/h1-3,8,12H,4-7H2;1H. The molecule has 1 aliphatic heterocycles. The highest BCUT2D eigenvalue weighted by Gasteiger charge is 2.13. The highest BCUT2D eigenvalue weighted by molar-refractivity contribution is 7.17. The van der Waals surface area contributed by atoms with E-state index in [1.54, 1.807) is 11.3 Å². The number of nitrogens with one attached hydrogen (secondary N) is 1. The zero-order valence-corrected chi connectivity index (χ0v) is 10.5. The molecule has 0 radical (unpaired) electrons. The highest BCUT2D eigenvalue weighted by Crippen LogP contribution is 2.29. The Bertz CT molecular complexity index is 465.